The molecule has 0 fully saturated rings. The van der Waals surface area contributed by atoms with Crippen LogP contribution in [-0.2, 0) is 6.54 Å². The van der Waals surface area contributed by atoms with Gasteiger partial charge in [-0.1, -0.05) is 28.9 Å². The SMILES string of the molecule is Nc1onc(-c2cccnc2)c1C(=O)NCc1cccc(Cl)c1. The lowest BCUT2D eigenvalue weighted by molar-refractivity contribution is 0.0952. The number of hydrogen-bond donors (Lipinski definition) is 2. The second-order valence-corrected chi connectivity index (χ2v) is 5.26. The van der Waals surface area contributed by atoms with E-state index in [-0.39, 0.29) is 17.4 Å². The summed E-state index contributed by atoms with van der Waals surface area (Å²) in [4.78, 5) is 16.4. The molecular weight excluding hydrogens is 316 g/mol. The van der Waals surface area contributed by atoms with Crippen molar-refractivity contribution >= 4 is 23.4 Å². The van der Waals surface area contributed by atoms with E-state index in [0.717, 1.165) is 5.56 Å². The molecule has 1 amide bonds. The molecule has 116 valence electrons. The van der Waals surface area contributed by atoms with Crippen molar-refractivity contribution in [1.82, 2.24) is 15.5 Å². The number of benzene rings is 1. The van der Waals surface area contributed by atoms with E-state index in [2.05, 4.69) is 15.5 Å². The summed E-state index contributed by atoms with van der Waals surface area (Å²) < 4.78 is 4.96. The quantitative estimate of drug-likeness (QED) is 0.768. The van der Waals surface area contributed by atoms with Gasteiger partial charge in [0.05, 0.1) is 0 Å². The summed E-state index contributed by atoms with van der Waals surface area (Å²) in [6.45, 7) is 0.316. The van der Waals surface area contributed by atoms with Crippen molar-refractivity contribution in [2.24, 2.45) is 0 Å². The van der Waals surface area contributed by atoms with Crippen molar-refractivity contribution in [2.45, 2.75) is 6.54 Å². The van der Waals surface area contributed by atoms with Crippen LogP contribution in [0.3, 0.4) is 0 Å². The molecule has 0 unspecified atom stereocenters. The summed E-state index contributed by atoms with van der Waals surface area (Å²) in [7, 11) is 0. The van der Waals surface area contributed by atoms with Gasteiger partial charge in [-0.15, -0.1) is 0 Å². The summed E-state index contributed by atoms with van der Waals surface area (Å²) in [5.41, 5.74) is 7.83. The van der Waals surface area contributed by atoms with Crippen LogP contribution in [0.5, 0.6) is 0 Å². The van der Waals surface area contributed by atoms with Gasteiger partial charge in [0.15, 0.2) is 0 Å². The largest absolute Gasteiger partial charge is 0.367 e. The average Bonchev–Trinajstić information content (AvgIpc) is 2.95. The van der Waals surface area contributed by atoms with Gasteiger partial charge in [-0.25, -0.2) is 0 Å². The predicted octanol–water partition coefficient (Wildman–Crippen LogP) is 2.90. The minimum Gasteiger partial charge on any atom is -0.367 e. The zero-order valence-corrected chi connectivity index (χ0v) is 12.7. The summed E-state index contributed by atoms with van der Waals surface area (Å²) in [5.74, 6) is -0.407. The van der Waals surface area contributed by atoms with Gasteiger partial charge in [0, 0.05) is 29.5 Å². The Labute approximate surface area is 137 Å². The first kappa shape index (κ1) is 15.1. The third-order valence-electron chi connectivity index (χ3n) is 3.22. The number of anilines is 1. The lowest BCUT2D eigenvalue weighted by Gasteiger charge is -2.06. The van der Waals surface area contributed by atoms with Crippen LogP contribution in [0.25, 0.3) is 11.3 Å². The summed E-state index contributed by atoms with van der Waals surface area (Å²) in [5, 5.41) is 7.24. The normalized spacial score (nSPS) is 10.5. The number of nitrogens with zero attached hydrogens (tertiary/aromatic N) is 2. The smallest absolute Gasteiger partial charge is 0.259 e. The zero-order valence-electron chi connectivity index (χ0n) is 12.0. The van der Waals surface area contributed by atoms with Crippen molar-refractivity contribution in [3.05, 3.63) is 64.9 Å². The van der Waals surface area contributed by atoms with Crippen LogP contribution in [0, 0.1) is 0 Å². The number of nitrogens with two attached hydrogens (primary N) is 1. The molecule has 0 aliphatic heterocycles. The maximum absolute atomic E-state index is 12.4. The molecule has 0 spiro atoms. The number of nitrogen functional groups attached to an aromatic ring is 1. The van der Waals surface area contributed by atoms with Crippen LogP contribution in [0.4, 0.5) is 5.88 Å². The van der Waals surface area contributed by atoms with E-state index >= 15 is 0 Å². The fraction of sp³-hybridized carbons (Fsp3) is 0.0625. The fourth-order valence-electron chi connectivity index (χ4n) is 2.14. The van der Waals surface area contributed by atoms with Crippen LogP contribution in [-0.4, -0.2) is 16.0 Å². The van der Waals surface area contributed by atoms with E-state index in [0.29, 0.717) is 22.8 Å². The van der Waals surface area contributed by atoms with Gasteiger partial charge in [0.1, 0.15) is 11.3 Å². The van der Waals surface area contributed by atoms with E-state index in [9.17, 15) is 4.79 Å². The highest BCUT2D eigenvalue weighted by Gasteiger charge is 2.22. The Balaban J connectivity index is 1.81. The van der Waals surface area contributed by atoms with Crippen molar-refractivity contribution in [3.63, 3.8) is 0 Å². The molecule has 0 aliphatic carbocycles. The Kier molecular flexibility index (Phi) is 4.25. The number of hydrogen-bond acceptors (Lipinski definition) is 5. The standard InChI is InChI=1S/C16H13ClN4O2/c17-12-5-1-3-10(7-12)8-20-16(22)13-14(21-23-15(13)18)11-4-2-6-19-9-11/h1-7,9H,8,18H2,(H,20,22). The van der Waals surface area contributed by atoms with Gasteiger partial charge in [0.2, 0.25) is 5.88 Å². The second-order valence-electron chi connectivity index (χ2n) is 4.82. The van der Waals surface area contributed by atoms with E-state index in [1.165, 1.54) is 0 Å². The molecule has 6 nitrogen and oxygen atoms in total. The number of halogens is 1. The molecule has 2 aromatic heterocycles. The Hall–Kier alpha value is -2.86. The van der Waals surface area contributed by atoms with Crippen LogP contribution in [0.2, 0.25) is 5.02 Å². The minimum absolute atomic E-state index is 0.0348. The van der Waals surface area contributed by atoms with Crippen LogP contribution in [0.1, 0.15) is 15.9 Å². The molecule has 2 heterocycles. The number of carbonyl (C=O) groups excluding carboxylic acids is 1. The Morgan fingerprint density at radius 2 is 2.17 bits per heavy atom. The lowest BCUT2D eigenvalue weighted by Crippen LogP contribution is -2.23. The Morgan fingerprint density at radius 3 is 2.91 bits per heavy atom. The first-order chi connectivity index (χ1) is 11.1. The first-order valence-electron chi connectivity index (χ1n) is 6.83. The van der Waals surface area contributed by atoms with Gasteiger partial charge in [-0.3, -0.25) is 9.78 Å². The highest BCUT2D eigenvalue weighted by molar-refractivity contribution is 6.30. The summed E-state index contributed by atoms with van der Waals surface area (Å²) >= 11 is 5.93. The molecule has 0 radical (unpaired) electrons. The summed E-state index contributed by atoms with van der Waals surface area (Å²) in [6, 6.07) is 10.8. The predicted molar refractivity (Wildman–Crippen MR) is 86.8 cm³/mol. The van der Waals surface area contributed by atoms with E-state index in [1.807, 2.05) is 12.1 Å². The second kappa shape index (κ2) is 6.50. The van der Waals surface area contributed by atoms with Crippen molar-refractivity contribution in [3.8, 4) is 11.3 Å². The third-order valence-corrected chi connectivity index (χ3v) is 3.46. The van der Waals surface area contributed by atoms with Crippen LogP contribution < -0.4 is 11.1 Å². The van der Waals surface area contributed by atoms with Gasteiger partial charge in [-0.2, -0.15) is 0 Å². The van der Waals surface area contributed by atoms with E-state index in [4.69, 9.17) is 21.9 Å². The molecule has 23 heavy (non-hydrogen) atoms. The molecular formula is C16H13ClN4O2. The molecule has 0 saturated carbocycles. The number of rotatable bonds is 4. The van der Waals surface area contributed by atoms with Crippen molar-refractivity contribution < 1.29 is 9.32 Å². The zero-order chi connectivity index (χ0) is 16.2. The fourth-order valence-corrected chi connectivity index (χ4v) is 2.35. The Morgan fingerprint density at radius 1 is 1.30 bits per heavy atom. The van der Waals surface area contributed by atoms with Crippen LogP contribution >= 0.6 is 11.6 Å². The highest BCUT2D eigenvalue weighted by Crippen LogP contribution is 2.26. The highest BCUT2D eigenvalue weighted by atomic mass is 35.5. The number of pyridine rings is 1. The van der Waals surface area contributed by atoms with Crippen molar-refractivity contribution in [2.75, 3.05) is 5.73 Å². The Bertz CT molecular complexity index is 833. The van der Waals surface area contributed by atoms with E-state index in [1.54, 1.807) is 36.7 Å². The molecule has 3 rings (SSSR count). The van der Waals surface area contributed by atoms with E-state index < -0.39 is 0 Å². The molecule has 0 aliphatic rings. The molecule has 0 atom stereocenters. The lowest BCUT2D eigenvalue weighted by atomic mass is 10.1. The molecule has 1 aromatic carbocycles. The van der Waals surface area contributed by atoms with Gasteiger partial charge >= 0.3 is 0 Å². The third kappa shape index (κ3) is 3.32. The number of aromatic nitrogens is 2. The minimum atomic E-state index is -0.373. The maximum atomic E-state index is 12.4. The monoisotopic (exact) mass is 328 g/mol. The van der Waals surface area contributed by atoms with Gasteiger partial charge in [0.25, 0.3) is 5.91 Å². The topological polar surface area (TPSA) is 94.0 Å². The van der Waals surface area contributed by atoms with Crippen LogP contribution in [0.15, 0.2) is 53.3 Å². The number of carbonyl (C=O) groups is 1. The maximum Gasteiger partial charge on any atom is 0.259 e. The number of nitrogens with one attached hydrogen (secondary N) is 1. The first-order valence-corrected chi connectivity index (χ1v) is 7.21. The molecule has 3 N–H and O–H groups in total. The summed E-state index contributed by atoms with van der Waals surface area (Å²) in [6.07, 6.45) is 3.22. The average molecular weight is 329 g/mol. The van der Waals surface area contributed by atoms with Crippen molar-refractivity contribution in [1.29, 1.82) is 0 Å². The van der Waals surface area contributed by atoms with Gasteiger partial charge < -0.3 is 15.6 Å². The van der Waals surface area contributed by atoms with Gasteiger partial charge in [-0.05, 0) is 29.8 Å². The number of amides is 1. The molecule has 0 bridgehead atoms. The molecule has 0 saturated heterocycles. The molecule has 3 aromatic rings. The molecule has 7 heteroatoms.